The zero-order valence-electron chi connectivity index (χ0n) is 10.6. The van der Waals surface area contributed by atoms with Crippen LogP contribution in [-0.4, -0.2) is 22.6 Å². The standard InChI is InChI=1S/C14H13N3O2S/c18-13(10-20-11-6-2-1-3-7-11)16-17-14(19)12-8-4-5-9-15-12/h1-9H,10H2,(H,16,18)(H,17,19). The maximum absolute atomic E-state index is 11.6. The highest BCUT2D eigenvalue weighted by Gasteiger charge is 2.08. The quantitative estimate of drug-likeness (QED) is 0.662. The summed E-state index contributed by atoms with van der Waals surface area (Å²) in [5.41, 5.74) is 4.93. The zero-order chi connectivity index (χ0) is 14.2. The van der Waals surface area contributed by atoms with Gasteiger partial charge in [0.15, 0.2) is 0 Å². The predicted octanol–water partition coefficient (Wildman–Crippen LogP) is 1.63. The summed E-state index contributed by atoms with van der Waals surface area (Å²) in [5, 5.41) is 0. The molecule has 0 saturated heterocycles. The summed E-state index contributed by atoms with van der Waals surface area (Å²) in [6.07, 6.45) is 1.52. The normalized spacial score (nSPS) is 9.80. The first-order chi connectivity index (χ1) is 9.75. The van der Waals surface area contributed by atoms with E-state index >= 15 is 0 Å². The Morgan fingerprint density at radius 3 is 2.45 bits per heavy atom. The molecule has 2 amide bonds. The molecule has 0 radical (unpaired) electrons. The van der Waals surface area contributed by atoms with E-state index in [9.17, 15) is 9.59 Å². The van der Waals surface area contributed by atoms with E-state index in [2.05, 4.69) is 15.8 Å². The van der Waals surface area contributed by atoms with E-state index < -0.39 is 5.91 Å². The highest BCUT2D eigenvalue weighted by Crippen LogP contribution is 2.15. The van der Waals surface area contributed by atoms with E-state index in [1.54, 1.807) is 18.2 Å². The minimum absolute atomic E-state index is 0.229. The first kappa shape index (κ1) is 14.1. The fourth-order valence-electron chi connectivity index (χ4n) is 1.39. The summed E-state index contributed by atoms with van der Waals surface area (Å²) in [6, 6.07) is 14.6. The molecule has 2 aromatic rings. The Morgan fingerprint density at radius 2 is 1.75 bits per heavy atom. The summed E-state index contributed by atoms with van der Waals surface area (Å²) in [4.78, 5) is 28.1. The average molecular weight is 287 g/mol. The Hall–Kier alpha value is -2.34. The molecule has 1 aromatic carbocycles. The minimum atomic E-state index is -0.441. The smallest absolute Gasteiger partial charge is 0.272 e. The molecule has 5 nitrogen and oxygen atoms in total. The topological polar surface area (TPSA) is 71.1 Å². The lowest BCUT2D eigenvalue weighted by Crippen LogP contribution is -2.42. The number of hydrogen-bond donors (Lipinski definition) is 2. The molecule has 0 saturated carbocycles. The van der Waals surface area contributed by atoms with Gasteiger partial charge in [0.2, 0.25) is 5.91 Å². The van der Waals surface area contributed by atoms with Crippen molar-refractivity contribution in [2.45, 2.75) is 4.90 Å². The van der Waals surface area contributed by atoms with Crippen molar-refractivity contribution in [1.82, 2.24) is 15.8 Å². The molecular formula is C14H13N3O2S. The van der Waals surface area contributed by atoms with Gasteiger partial charge in [0, 0.05) is 11.1 Å². The highest BCUT2D eigenvalue weighted by molar-refractivity contribution is 8.00. The first-order valence-corrected chi connectivity index (χ1v) is 6.92. The second-order valence-electron chi connectivity index (χ2n) is 3.82. The molecule has 1 aromatic heterocycles. The number of benzene rings is 1. The zero-order valence-corrected chi connectivity index (χ0v) is 11.4. The molecule has 2 rings (SSSR count). The third-order valence-electron chi connectivity index (χ3n) is 2.33. The number of amides is 2. The monoisotopic (exact) mass is 287 g/mol. The number of pyridine rings is 1. The van der Waals surface area contributed by atoms with Crippen molar-refractivity contribution in [3.05, 3.63) is 60.4 Å². The fourth-order valence-corrected chi connectivity index (χ4v) is 2.11. The number of rotatable bonds is 4. The van der Waals surface area contributed by atoms with E-state index in [1.807, 2.05) is 30.3 Å². The van der Waals surface area contributed by atoms with Gasteiger partial charge in [-0.3, -0.25) is 25.4 Å². The van der Waals surface area contributed by atoms with Gasteiger partial charge < -0.3 is 0 Å². The Labute approximate surface area is 120 Å². The van der Waals surface area contributed by atoms with Gasteiger partial charge in [0.05, 0.1) is 5.75 Å². The maximum atomic E-state index is 11.6. The summed E-state index contributed by atoms with van der Waals surface area (Å²) in [7, 11) is 0. The van der Waals surface area contributed by atoms with Crippen LogP contribution >= 0.6 is 11.8 Å². The highest BCUT2D eigenvalue weighted by atomic mass is 32.2. The van der Waals surface area contributed by atoms with Crippen molar-refractivity contribution >= 4 is 23.6 Å². The third-order valence-corrected chi connectivity index (χ3v) is 3.34. The van der Waals surface area contributed by atoms with Crippen molar-refractivity contribution in [3.63, 3.8) is 0 Å². The van der Waals surface area contributed by atoms with Gasteiger partial charge >= 0.3 is 0 Å². The van der Waals surface area contributed by atoms with Crippen molar-refractivity contribution in [1.29, 1.82) is 0 Å². The number of nitrogens with zero attached hydrogens (tertiary/aromatic N) is 1. The van der Waals surface area contributed by atoms with Crippen LogP contribution in [0, 0.1) is 0 Å². The fraction of sp³-hybridized carbons (Fsp3) is 0.0714. The van der Waals surface area contributed by atoms with Crippen LogP contribution in [0.1, 0.15) is 10.5 Å². The molecule has 0 atom stereocenters. The summed E-state index contributed by atoms with van der Waals surface area (Å²) < 4.78 is 0. The first-order valence-electron chi connectivity index (χ1n) is 5.94. The summed E-state index contributed by atoms with van der Waals surface area (Å²) >= 11 is 1.40. The Bertz CT molecular complexity index is 575. The third kappa shape index (κ3) is 4.40. The Morgan fingerprint density at radius 1 is 1.00 bits per heavy atom. The molecular weight excluding hydrogens is 274 g/mol. The molecule has 0 bridgehead atoms. The van der Waals surface area contributed by atoms with Gasteiger partial charge in [0.25, 0.3) is 5.91 Å². The molecule has 2 N–H and O–H groups in total. The van der Waals surface area contributed by atoms with E-state index in [-0.39, 0.29) is 17.4 Å². The molecule has 0 fully saturated rings. The van der Waals surface area contributed by atoms with Crippen molar-refractivity contribution < 1.29 is 9.59 Å². The lowest BCUT2D eigenvalue weighted by atomic mass is 10.3. The summed E-state index contributed by atoms with van der Waals surface area (Å²) in [5.74, 6) is -0.487. The maximum Gasteiger partial charge on any atom is 0.288 e. The minimum Gasteiger partial charge on any atom is -0.272 e. The lowest BCUT2D eigenvalue weighted by Gasteiger charge is -2.06. The molecule has 0 aliphatic rings. The number of carbonyl (C=O) groups excluding carboxylic acids is 2. The molecule has 102 valence electrons. The number of aromatic nitrogens is 1. The summed E-state index contributed by atoms with van der Waals surface area (Å²) in [6.45, 7) is 0. The average Bonchev–Trinajstić information content (AvgIpc) is 2.52. The van der Waals surface area contributed by atoms with Crippen molar-refractivity contribution in [2.75, 3.05) is 5.75 Å². The second kappa shape index (κ2) is 7.30. The van der Waals surface area contributed by atoms with E-state index in [0.29, 0.717) is 0 Å². The van der Waals surface area contributed by atoms with Gasteiger partial charge in [-0.2, -0.15) is 0 Å². The van der Waals surface area contributed by atoms with Crippen LogP contribution in [0.2, 0.25) is 0 Å². The number of thioether (sulfide) groups is 1. The van der Waals surface area contributed by atoms with Gasteiger partial charge in [0.1, 0.15) is 5.69 Å². The number of nitrogens with one attached hydrogen (secondary N) is 2. The van der Waals surface area contributed by atoms with E-state index in [0.717, 1.165) is 4.90 Å². The molecule has 0 unspecified atom stereocenters. The van der Waals surface area contributed by atoms with Crippen LogP contribution in [0.4, 0.5) is 0 Å². The molecule has 1 heterocycles. The van der Waals surface area contributed by atoms with E-state index in [1.165, 1.54) is 18.0 Å². The molecule has 0 spiro atoms. The van der Waals surface area contributed by atoms with Gasteiger partial charge in [-0.15, -0.1) is 11.8 Å². The Balaban J connectivity index is 1.74. The molecule has 0 aliphatic heterocycles. The van der Waals surface area contributed by atoms with Crippen LogP contribution in [-0.2, 0) is 4.79 Å². The van der Waals surface area contributed by atoms with Gasteiger partial charge in [-0.05, 0) is 24.3 Å². The van der Waals surface area contributed by atoms with Gasteiger partial charge in [-0.25, -0.2) is 0 Å². The number of hydrogen-bond acceptors (Lipinski definition) is 4. The Kier molecular flexibility index (Phi) is 5.14. The van der Waals surface area contributed by atoms with Crippen LogP contribution in [0.15, 0.2) is 59.6 Å². The number of carbonyl (C=O) groups is 2. The lowest BCUT2D eigenvalue weighted by molar-refractivity contribution is -0.119. The van der Waals surface area contributed by atoms with Crippen LogP contribution in [0.5, 0.6) is 0 Å². The largest absolute Gasteiger partial charge is 0.288 e. The predicted molar refractivity (Wildman–Crippen MR) is 77.0 cm³/mol. The van der Waals surface area contributed by atoms with Crippen molar-refractivity contribution in [2.24, 2.45) is 0 Å². The molecule has 0 aliphatic carbocycles. The van der Waals surface area contributed by atoms with Crippen LogP contribution in [0.25, 0.3) is 0 Å². The second-order valence-corrected chi connectivity index (χ2v) is 4.87. The molecule has 20 heavy (non-hydrogen) atoms. The van der Waals surface area contributed by atoms with E-state index in [4.69, 9.17) is 0 Å². The van der Waals surface area contributed by atoms with Gasteiger partial charge in [-0.1, -0.05) is 24.3 Å². The van der Waals surface area contributed by atoms with Crippen molar-refractivity contribution in [3.8, 4) is 0 Å². The van der Waals surface area contributed by atoms with Crippen LogP contribution < -0.4 is 10.9 Å². The SMILES string of the molecule is O=C(CSc1ccccc1)NNC(=O)c1ccccn1. The van der Waals surface area contributed by atoms with Crippen LogP contribution in [0.3, 0.4) is 0 Å². The molecule has 6 heteroatoms. The number of hydrazine groups is 1.